The van der Waals surface area contributed by atoms with E-state index in [1.165, 1.54) is 0 Å². The second-order valence-corrected chi connectivity index (χ2v) is 7.51. The quantitative estimate of drug-likeness (QED) is 0.525. The summed E-state index contributed by atoms with van der Waals surface area (Å²) in [5.74, 6) is 0.471. The van der Waals surface area contributed by atoms with Crippen molar-refractivity contribution >= 4 is 55.9 Å². The number of nitrogens with zero attached hydrogens (tertiary/aromatic N) is 3. The average molecular weight is 420 g/mol. The first-order chi connectivity index (χ1) is 11.1. The van der Waals surface area contributed by atoms with Crippen LogP contribution in [0.15, 0.2) is 4.47 Å². The molecule has 0 radical (unpaired) electrons. The number of piperazine rings is 1. The van der Waals surface area contributed by atoms with Crippen LogP contribution in [0.2, 0.25) is 10.3 Å². The summed E-state index contributed by atoms with van der Waals surface area (Å²) >= 11 is 15.5. The summed E-state index contributed by atoms with van der Waals surface area (Å²) < 4.78 is 20.7. The van der Waals surface area contributed by atoms with Gasteiger partial charge in [0.15, 0.2) is 11.6 Å². The second kappa shape index (κ2) is 4.81. The van der Waals surface area contributed by atoms with Crippen molar-refractivity contribution in [2.45, 2.75) is 24.5 Å². The number of anilines is 1. The van der Waals surface area contributed by atoms with Gasteiger partial charge in [-0.25, -0.2) is 9.37 Å². The lowest BCUT2D eigenvalue weighted by molar-refractivity contribution is 0.268. The molecule has 0 amide bonds. The molecule has 0 saturated carbocycles. The van der Waals surface area contributed by atoms with E-state index in [1.54, 1.807) is 0 Å². The number of halogens is 4. The standard InChI is InChI=1S/C14H10BrCl2FN4O/c15-8-9(16)12-7-11(10(8)18)20-14(17)21-13(7)22-4-1-5(19-2-4)6(22)3-23-12/h4-6,19H,1-3H2. The summed E-state index contributed by atoms with van der Waals surface area (Å²) in [6.07, 6.45) is 1.01. The molecule has 3 atom stereocenters. The number of nitrogens with one attached hydrogen (secondary N) is 1. The van der Waals surface area contributed by atoms with Crippen LogP contribution in [-0.2, 0) is 0 Å². The smallest absolute Gasteiger partial charge is 0.225 e. The van der Waals surface area contributed by atoms with Gasteiger partial charge in [-0.1, -0.05) is 11.6 Å². The molecular formula is C14H10BrCl2FN4O. The molecule has 2 saturated heterocycles. The van der Waals surface area contributed by atoms with Crippen molar-refractivity contribution in [3.05, 3.63) is 20.6 Å². The third kappa shape index (κ3) is 1.82. The Hall–Kier alpha value is -0.890. The summed E-state index contributed by atoms with van der Waals surface area (Å²) in [7, 11) is 0. The summed E-state index contributed by atoms with van der Waals surface area (Å²) in [6, 6.07) is 0.734. The Morgan fingerprint density at radius 1 is 1.35 bits per heavy atom. The maximum absolute atomic E-state index is 14.7. The van der Waals surface area contributed by atoms with Crippen LogP contribution < -0.4 is 15.0 Å². The number of hydrogen-bond acceptors (Lipinski definition) is 5. The molecule has 3 unspecified atom stereocenters. The fourth-order valence-corrected chi connectivity index (χ4v) is 4.70. The van der Waals surface area contributed by atoms with Gasteiger partial charge < -0.3 is 15.0 Å². The van der Waals surface area contributed by atoms with Crippen molar-refractivity contribution in [2.75, 3.05) is 18.1 Å². The molecule has 3 aliphatic heterocycles. The van der Waals surface area contributed by atoms with Crippen LogP contribution in [0.25, 0.3) is 10.9 Å². The zero-order chi connectivity index (χ0) is 15.9. The summed E-state index contributed by atoms with van der Waals surface area (Å²) in [5, 5.41) is 4.19. The predicted octanol–water partition coefficient (Wildman–Crippen LogP) is 3.15. The van der Waals surface area contributed by atoms with Crippen LogP contribution >= 0.6 is 39.1 Å². The summed E-state index contributed by atoms with van der Waals surface area (Å²) in [6.45, 7) is 1.32. The Morgan fingerprint density at radius 3 is 3.00 bits per heavy atom. The average Bonchev–Trinajstić information content (AvgIpc) is 3.09. The Labute approximate surface area is 149 Å². The van der Waals surface area contributed by atoms with Crippen molar-refractivity contribution < 1.29 is 9.13 Å². The zero-order valence-electron chi connectivity index (χ0n) is 11.6. The SMILES string of the molecule is Fc1c(Br)c(Cl)c2c3c(nc(Cl)nc13)N1C3CNC(C3)C1CO2. The number of benzene rings is 1. The van der Waals surface area contributed by atoms with Gasteiger partial charge in [-0.05, 0) is 34.0 Å². The lowest BCUT2D eigenvalue weighted by Gasteiger charge is -2.35. The maximum atomic E-state index is 14.7. The molecule has 1 aromatic carbocycles. The Balaban J connectivity index is 1.89. The molecule has 120 valence electrons. The van der Waals surface area contributed by atoms with Gasteiger partial charge in [0.2, 0.25) is 5.28 Å². The fourth-order valence-electron chi connectivity index (χ4n) is 3.93. The van der Waals surface area contributed by atoms with E-state index in [1.807, 2.05) is 0 Å². The molecule has 23 heavy (non-hydrogen) atoms. The molecule has 2 aromatic rings. The van der Waals surface area contributed by atoms with Gasteiger partial charge in [-0.3, -0.25) is 0 Å². The van der Waals surface area contributed by atoms with Crippen molar-refractivity contribution in [3.8, 4) is 5.75 Å². The minimum atomic E-state index is -0.552. The molecule has 5 rings (SSSR count). The topological polar surface area (TPSA) is 50.3 Å². The molecule has 1 N–H and O–H groups in total. The van der Waals surface area contributed by atoms with E-state index in [2.05, 4.69) is 36.1 Å². The van der Waals surface area contributed by atoms with Crippen LogP contribution in [0.4, 0.5) is 10.2 Å². The molecule has 3 aliphatic rings. The van der Waals surface area contributed by atoms with Crippen LogP contribution in [0, 0.1) is 5.82 Å². The van der Waals surface area contributed by atoms with Crippen LogP contribution in [0.1, 0.15) is 6.42 Å². The van der Waals surface area contributed by atoms with E-state index in [0.717, 1.165) is 13.0 Å². The number of ether oxygens (including phenoxy) is 1. The van der Waals surface area contributed by atoms with Gasteiger partial charge in [-0.2, -0.15) is 4.98 Å². The molecule has 0 spiro atoms. The Morgan fingerprint density at radius 2 is 2.17 bits per heavy atom. The third-order valence-corrected chi connectivity index (χ3v) is 6.38. The van der Waals surface area contributed by atoms with Crippen LogP contribution in [0.3, 0.4) is 0 Å². The van der Waals surface area contributed by atoms with Crippen LogP contribution in [0.5, 0.6) is 5.75 Å². The molecule has 4 heterocycles. The molecule has 0 aliphatic carbocycles. The normalized spacial score (nSPS) is 28.0. The second-order valence-electron chi connectivity index (χ2n) is 6.00. The highest BCUT2D eigenvalue weighted by atomic mass is 79.9. The lowest BCUT2D eigenvalue weighted by Crippen LogP contribution is -2.53. The number of aromatic nitrogens is 2. The predicted molar refractivity (Wildman–Crippen MR) is 89.2 cm³/mol. The largest absolute Gasteiger partial charge is 0.489 e. The first-order valence-electron chi connectivity index (χ1n) is 7.24. The van der Waals surface area contributed by atoms with E-state index in [0.29, 0.717) is 35.6 Å². The van der Waals surface area contributed by atoms with Gasteiger partial charge in [-0.15, -0.1) is 0 Å². The van der Waals surface area contributed by atoms with Gasteiger partial charge in [0, 0.05) is 18.6 Å². The molecule has 2 fully saturated rings. The fraction of sp³-hybridized carbons (Fsp3) is 0.429. The summed E-state index contributed by atoms with van der Waals surface area (Å²) in [5.41, 5.74) is 0.127. The van der Waals surface area contributed by atoms with E-state index in [4.69, 9.17) is 27.9 Å². The minimum Gasteiger partial charge on any atom is -0.489 e. The Kier molecular flexibility index (Phi) is 3.03. The number of hydrogen-bond donors (Lipinski definition) is 1. The maximum Gasteiger partial charge on any atom is 0.225 e. The first-order valence-corrected chi connectivity index (χ1v) is 8.79. The number of rotatable bonds is 0. The Bertz CT molecular complexity index is 867. The van der Waals surface area contributed by atoms with E-state index < -0.39 is 5.82 Å². The van der Waals surface area contributed by atoms with Crippen LogP contribution in [-0.4, -0.2) is 41.2 Å². The molecular weight excluding hydrogens is 410 g/mol. The van der Waals surface area contributed by atoms with Crippen molar-refractivity contribution in [1.82, 2.24) is 15.3 Å². The highest BCUT2D eigenvalue weighted by molar-refractivity contribution is 9.10. The lowest BCUT2D eigenvalue weighted by atomic mass is 10.1. The van der Waals surface area contributed by atoms with Gasteiger partial charge in [0.05, 0.1) is 15.9 Å². The molecule has 9 heteroatoms. The highest BCUT2D eigenvalue weighted by Gasteiger charge is 2.49. The minimum absolute atomic E-state index is 0.0166. The van der Waals surface area contributed by atoms with Gasteiger partial charge in [0.1, 0.15) is 23.0 Å². The monoisotopic (exact) mass is 418 g/mol. The first kappa shape index (κ1) is 14.5. The van der Waals surface area contributed by atoms with Crippen molar-refractivity contribution in [3.63, 3.8) is 0 Å². The highest BCUT2D eigenvalue weighted by Crippen LogP contribution is 2.48. The van der Waals surface area contributed by atoms with Crippen molar-refractivity contribution in [2.24, 2.45) is 0 Å². The zero-order valence-corrected chi connectivity index (χ0v) is 14.7. The molecule has 1 aromatic heterocycles. The number of fused-ring (bicyclic) bond motifs is 6. The van der Waals surface area contributed by atoms with E-state index >= 15 is 0 Å². The molecule has 5 nitrogen and oxygen atoms in total. The van der Waals surface area contributed by atoms with Gasteiger partial charge in [0.25, 0.3) is 0 Å². The van der Waals surface area contributed by atoms with E-state index in [-0.39, 0.29) is 26.3 Å². The van der Waals surface area contributed by atoms with E-state index in [9.17, 15) is 4.39 Å². The summed E-state index contributed by atoms with van der Waals surface area (Å²) in [4.78, 5) is 10.7. The molecule has 2 bridgehead atoms. The third-order valence-electron chi connectivity index (χ3n) is 4.88. The van der Waals surface area contributed by atoms with Gasteiger partial charge >= 0.3 is 0 Å². The van der Waals surface area contributed by atoms with Crippen molar-refractivity contribution in [1.29, 1.82) is 0 Å².